The normalized spacial score (nSPS) is 13.0. The summed E-state index contributed by atoms with van der Waals surface area (Å²) in [5, 5.41) is 9.03. The molecule has 0 unspecified atom stereocenters. The molecular weight excluding hydrogens is 268 g/mol. The van der Waals surface area contributed by atoms with Gasteiger partial charge in [0.1, 0.15) is 5.60 Å². The number of esters is 1. The SMILES string of the molecule is CC(C)c1ccc([C@H](CC(=O)O)C(=O)OC(C)(C)C)cc1. The largest absolute Gasteiger partial charge is 0.481 e. The zero-order valence-corrected chi connectivity index (χ0v) is 13.3. The first-order chi connectivity index (χ1) is 9.60. The molecule has 0 fully saturated rings. The Balaban J connectivity index is 3.01. The molecule has 0 aliphatic carbocycles. The van der Waals surface area contributed by atoms with E-state index in [1.807, 2.05) is 24.3 Å². The zero-order chi connectivity index (χ0) is 16.2. The van der Waals surface area contributed by atoms with E-state index in [0.29, 0.717) is 11.5 Å². The van der Waals surface area contributed by atoms with Crippen LogP contribution in [0.15, 0.2) is 24.3 Å². The fraction of sp³-hybridized carbons (Fsp3) is 0.529. The first-order valence-electron chi connectivity index (χ1n) is 7.14. The van der Waals surface area contributed by atoms with Crippen LogP contribution < -0.4 is 0 Å². The van der Waals surface area contributed by atoms with Gasteiger partial charge < -0.3 is 9.84 Å². The molecule has 4 nitrogen and oxygen atoms in total. The topological polar surface area (TPSA) is 63.6 Å². The van der Waals surface area contributed by atoms with Gasteiger partial charge in [0.05, 0.1) is 12.3 Å². The summed E-state index contributed by atoms with van der Waals surface area (Å²) in [5.74, 6) is -1.90. The summed E-state index contributed by atoms with van der Waals surface area (Å²) in [7, 11) is 0. The van der Waals surface area contributed by atoms with Crippen molar-refractivity contribution in [3.8, 4) is 0 Å². The van der Waals surface area contributed by atoms with E-state index < -0.39 is 23.5 Å². The maximum Gasteiger partial charge on any atom is 0.314 e. The summed E-state index contributed by atoms with van der Waals surface area (Å²) in [6.45, 7) is 9.47. The number of benzene rings is 1. The van der Waals surface area contributed by atoms with Gasteiger partial charge in [0, 0.05) is 0 Å². The van der Waals surface area contributed by atoms with Crippen LogP contribution in [0.3, 0.4) is 0 Å². The van der Waals surface area contributed by atoms with Crippen LogP contribution >= 0.6 is 0 Å². The number of carbonyl (C=O) groups is 2. The molecule has 4 heteroatoms. The molecule has 0 spiro atoms. The zero-order valence-electron chi connectivity index (χ0n) is 13.3. The van der Waals surface area contributed by atoms with Gasteiger partial charge in [-0.05, 0) is 37.8 Å². The highest BCUT2D eigenvalue weighted by Gasteiger charge is 2.28. The Morgan fingerprint density at radius 2 is 1.57 bits per heavy atom. The second-order valence-corrected chi connectivity index (χ2v) is 6.51. The maximum absolute atomic E-state index is 12.2. The van der Waals surface area contributed by atoms with Crippen molar-refractivity contribution in [2.75, 3.05) is 0 Å². The molecule has 0 amide bonds. The van der Waals surface area contributed by atoms with E-state index >= 15 is 0 Å². The van der Waals surface area contributed by atoms with E-state index in [-0.39, 0.29) is 6.42 Å². The molecule has 1 rings (SSSR count). The monoisotopic (exact) mass is 292 g/mol. The molecule has 1 atom stereocenters. The summed E-state index contributed by atoms with van der Waals surface area (Å²) >= 11 is 0. The van der Waals surface area contributed by atoms with E-state index in [0.717, 1.165) is 5.56 Å². The first kappa shape index (κ1) is 17.2. The Morgan fingerprint density at radius 3 is 1.95 bits per heavy atom. The number of hydrogen-bond donors (Lipinski definition) is 1. The molecule has 1 aromatic rings. The molecule has 1 aromatic carbocycles. The van der Waals surface area contributed by atoms with Crippen LogP contribution in [0.4, 0.5) is 0 Å². The smallest absolute Gasteiger partial charge is 0.314 e. The highest BCUT2D eigenvalue weighted by molar-refractivity contribution is 5.84. The van der Waals surface area contributed by atoms with Crippen molar-refractivity contribution in [2.24, 2.45) is 0 Å². The average Bonchev–Trinajstić information content (AvgIpc) is 2.33. The van der Waals surface area contributed by atoms with Gasteiger partial charge in [-0.3, -0.25) is 9.59 Å². The molecular formula is C17H24O4. The van der Waals surface area contributed by atoms with Crippen molar-refractivity contribution in [1.29, 1.82) is 0 Å². The molecule has 0 saturated carbocycles. The third-order valence-corrected chi connectivity index (χ3v) is 3.08. The van der Waals surface area contributed by atoms with Crippen LogP contribution in [0.2, 0.25) is 0 Å². The predicted molar refractivity (Wildman–Crippen MR) is 81.4 cm³/mol. The third-order valence-electron chi connectivity index (χ3n) is 3.08. The molecule has 0 radical (unpaired) electrons. The van der Waals surface area contributed by atoms with Crippen LogP contribution in [0, 0.1) is 0 Å². The Morgan fingerprint density at radius 1 is 1.10 bits per heavy atom. The lowest BCUT2D eigenvalue weighted by molar-refractivity contribution is -0.159. The lowest BCUT2D eigenvalue weighted by Crippen LogP contribution is -2.29. The minimum absolute atomic E-state index is 0.268. The number of aliphatic carboxylic acids is 1. The van der Waals surface area contributed by atoms with E-state index in [1.54, 1.807) is 20.8 Å². The predicted octanol–water partition coefficient (Wildman–Crippen LogP) is 3.71. The summed E-state index contributed by atoms with van der Waals surface area (Å²) in [5.41, 5.74) is 1.19. The molecule has 116 valence electrons. The molecule has 21 heavy (non-hydrogen) atoms. The third kappa shape index (κ3) is 5.58. The molecule has 0 saturated heterocycles. The second-order valence-electron chi connectivity index (χ2n) is 6.51. The number of carboxylic acid groups (broad SMARTS) is 1. The standard InChI is InChI=1S/C17H24O4/c1-11(2)12-6-8-13(9-7-12)14(10-15(18)19)16(20)21-17(3,4)5/h6-9,11,14H,10H2,1-5H3,(H,18,19)/t14-/m0/s1. The fourth-order valence-electron chi connectivity index (χ4n) is 2.00. The Hall–Kier alpha value is -1.84. The summed E-state index contributed by atoms with van der Waals surface area (Å²) in [6.07, 6.45) is -0.268. The first-order valence-corrected chi connectivity index (χ1v) is 7.14. The van der Waals surface area contributed by atoms with Crippen LogP contribution in [-0.4, -0.2) is 22.6 Å². The maximum atomic E-state index is 12.2. The van der Waals surface area contributed by atoms with Crippen molar-refractivity contribution >= 4 is 11.9 Å². The van der Waals surface area contributed by atoms with E-state index in [2.05, 4.69) is 13.8 Å². The number of rotatable bonds is 5. The molecule has 0 aliphatic heterocycles. The van der Waals surface area contributed by atoms with E-state index in [9.17, 15) is 9.59 Å². The second kappa shape index (κ2) is 6.74. The Bertz CT molecular complexity index is 495. The number of carboxylic acids is 1. The van der Waals surface area contributed by atoms with E-state index in [1.165, 1.54) is 0 Å². The van der Waals surface area contributed by atoms with Crippen molar-refractivity contribution in [1.82, 2.24) is 0 Å². The highest BCUT2D eigenvalue weighted by Crippen LogP contribution is 2.26. The van der Waals surface area contributed by atoms with Crippen molar-refractivity contribution in [3.05, 3.63) is 35.4 Å². The van der Waals surface area contributed by atoms with Crippen molar-refractivity contribution < 1.29 is 19.4 Å². The van der Waals surface area contributed by atoms with Gasteiger partial charge in [-0.15, -0.1) is 0 Å². The van der Waals surface area contributed by atoms with Crippen LogP contribution in [-0.2, 0) is 14.3 Å². The van der Waals surface area contributed by atoms with E-state index in [4.69, 9.17) is 9.84 Å². The number of hydrogen-bond acceptors (Lipinski definition) is 3. The summed E-state index contributed by atoms with van der Waals surface area (Å²) < 4.78 is 5.33. The molecule has 0 aliphatic rings. The number of carbonyl (C=O) groups excluding carboxylic acids is 1. The Labute approximate surface area is 126 Å². The lowest BCUT2D eigenvalue weighted by Gasteiger charge is -2.23. The van der Waals surface area contributed by atoms with Crippen LogP contribution in [0.1, 0.15) is 64.0 Å². The van der Waals surface area contributed by atoms with Gasteiger partial charge in [0.25, 0.3) is 0 Å². The number of ether oxygens (including phenoxy) is 1. The van der Waals surface area contributed by atoms with Gasteiger partial charge >= 0.3 is 11.9 Å². The van der Waals surface area contributed by atoms with Crippen molar-refractivity contribution in [2.45, 2.75) is 58.5 Å². The van der Waals surface area contributed by atoms with Crippen LogP contribution in [0.5, 0.6) is 0 Å². The average molecular weight is 292 g/mol. The molecule has 0 bridgehead atoms. The van der Waals surface area contributed by atoms with Gasteiger partial charge in [-0.2, -0.15) is 0 Å². The summed E-state index contributed by atoms with van der Waals surface area (Å²) in [6, 6.07) is 7.48. The quantitative estimate of drug-likeness (QED) is 0.840. The van der Waals surface area contributed by atoms with Gasteiger partial charge in [-0.25, -0.2) is 0 Å². The molecule has 1 N–H and O–H groups in total. The van der Waals surface area contributed by atoms with Crippen molar-refractivity contribution in [3.63, 3.8) is 0 Å². The minimum atomic E-state index is -1.02. The van der Waals surface area contributed by atoms with Gasteiger partial charge in [-0.1, -0.05) is 38.1 Å². The molecule has 0 heterocycles. The minimum Gasteiger partial charge on any atom is -0.481 e. The van der Waals surface area contributed by atoms with Gasteiger partial charge in [0.2, 0.25) is 0 Å². The van der Waals surface area contributed by atoms with Gasteiger partial charge in [0.15, 0.2) is 0 Å². The van der Waals surface area contributed by atoms with Crippen LogP contribution in [0.25, 0.3) is 0 Å². The lowest BCUT2D eigenvalue weighted by atomic mass is 9.93. The molecule has 0 aromatic heterocycles. The fourth-order valence-corrected chi connectivity index (χ4v) is 2.00. The Kier molecular flexibility index (Phi) is 5.53. The summed E-state index contributed by atoms with van der Waals surface area (Å²) in [4.78, 5) is 23.2. The highest BCUT2D eigenvalue weighted by atomic mass is 16.6.